The van der Waals surface area contributed by atoms with Crippen molar-refractivity contribution in [3.63, 3.8) is 0 Å². The summed E-state index contributed by atoms with van der Waals surface area (Å²) in [4.78, 5) is 4.61. The number of para-hydroxylation sites is 1. The number of rotatable bonds is 6. The molecule has 0 aliphatic carbocycles. The summed E-state index contributed by atoms with van der Waals surface area (Å²) < 4.78 is 1.83. The van der Waals surface area contributed by atoms with E-state index >= 15 is 0 Å². The first-order chi connectivity index (χ1) is 11.6. The largest absolute Gasteiger partial charge is 0.396 e. The summed E-state index contributed by atoms with van der Waals surface area (Å²) in [6.07, 6.45) is 3.94. The summed E-state index contributed by atoms with van der Waals surface area (Å²) in [5.41, 5.74) is 2.06. The predicted octanol–water partition coefficient (Wildman–Crippen LogP) is 2.13. The number of aromatic nitrogens is 2. The van der Waals surface area contributed by atoms with E-state index in [2.05, 4.69) is 29.0 Å². The molecular weight excluding hydrogens is 324 g/mol. The summed E-state index contributed by atoms with van der Waals surface area (Å²) in [7, 11) is 4.18. The molecule has 24 heavy (non-hydrogen) atoms. The van der Waals surface area contributed by atoms with Crippen LogP contribution in [0.25, 0.3) is 5.69 Å². The maximum Gasteiger partial charge on any atom is 0.0831 e. The highest BCUT2D eigenvalue weighted by Crippen LogP contribution is 2.26. The van der Waals surface area contributed by atoms with Crippen LogP contribution in [-0.2, 0) is 6.54 Å². The van der Waals surface area contributed by atoms with E-state index in [-0.39, 0.29) is 6.61 Å². The zero-order chi connectivity index (χ0) is 17.1. The fourth-order valence-electron chi connectivity index (χ4n) is 3.52. The van der Waals surface area contributed by atoms with Crippen molar-refractivity contribution in [1.29, 1.82) is 0 Å². The Kier molecular flexibility index (Phi) is 5.56. The van der Waals surface area contributed by atoms with Crippen molar-refractivity contribution < 1.29 is 5.11 Å². The highest BCUT2D eigenvalue weighted by Gasteiger charge is 2.32. The van der Waals surface area contributed by atoms with Gasteiger partial charge in [0.05, 0.1) is 16.9 Å². The Bertz CT molecular complexity index is 673. The van der Waals surface area contributed by atoms with Gasteiger partial charge in [0, 0.05) is 44.5 Å². The number of nitrogens with zero attached hydrogens (tertiary/aromatic N) is 4. The molecule has 3 rings (SSSR count). The lowest BCUT2D eigenvalue weighted by Crippen LogP contribution is -2.28. The molecule has 130 valence electrons. The number of benzene rings is 1. The predicted molar refractivity (Wildman–Crippen MR) is 96.5 cm³/mol. The lowest BCUT2D eigenvalue weighted by atomic mass is 9.97. The first-order valence-corrected chi connectivity index (χ1v) is 8.71. The average Bonchev–Trinajstić information content (AvgIpc) is 3.14. The van der Waals surface area contributed by atoms with Gasteiger partial charge in [-0.2, -0.15) is 5.10 Å². The smallest absolute Gasteiger partial charge is 0.0831 e. The van der Waals surface area contributed by atoms with Crippen LogP contribution in [0, 0.1) is 11.8 Å². The van der Waals surface area contributed by atoms with E-state index in [0.717, 1.165) is 37.4 Å². The minimum atomic E-state index is 0.258. The molecule has 0 radical (unpaired) electrons. The van der Waals surface area contributed by atoms with Crippen molar-refractivity contribution >= 4 is 11.6 Å². The quantitative estimate of drug-likeness (QED) is 0.868. The Balaban J connectivity index is 1.66. The fourth-order valence-corrected chi connectivity index (χ4v) is 3.74. The van der Waals surface area contributed by atoms with E-state index in [1.807, 2.05) is 41.3 Å². The maximum atomic E-state index is 9.64. The minimum Gasteiger partial charge on any atom is -0.396 e. The summed E-state index contributed by atoms with van der Waals surface area (Å²) in [5.74, 6) is 0.870. The first-order valence-electron chi connectivity index (χ1n) is 8.33. The molecule has 0 spiro atoms. The average molecular weight is 349 g/mol. The third-order valence-electron chi connectivity index (χ3n) is 4.63. The number of hydrogen-bond donors (Lipinski definition) is 1. The van der Waals surface area contributed by atoms with E-state index in [1.165, 1.54) is 0 Å². The molecule has 5 nitrogen and oxygen atoms in total. The van der Waals surface area contributed by atoms with E-state index in [0.29, 0.717) is 16.9 Å². The third-order valence-corrected chi connectivity index (χ3v) is 4.95. The van der Waals surface area contributed by atoms with Gasteiger partial charge in [-0.1, -0.05) is 23.7 Å². The fraction of sp³-hybridized carbons (Fsp3) is 0.500. The Morgan fingerprint density at radius 3 is 2.71 bits per heavy atom. The van der Waals surface area contributed by atoms with Gasteiger partial charge in [0.25, 0.3) is 0 Å². The molecule has 1 aromatic carbocycles. The van der Waals surface area contributed by atoms with Gasteiger partial charge in [0.1, 0.15) is 0 Å². The zero-order valence-electron chi connectivity index (χ0n) is 14.3. The molecule has 2 heterocycles. The lowest BCUT2D eigenvalue weighted by Gasteiger charge is -2.20. The van der Waals surface area contributed by atoms with Gasteiger partial charge in [-0.3, -0.25) is 4.90 Å². The van der Waals surface area contributed by atoms with E-state index in [1.54, 1.807) is 0 Å². The summed E-state index contributed by atoms with van der Waals surface area (Å²) >= 11 is 6.24. The molecule has 0 amide bonds. The summed E-state index contributed by atoms with van der Waals surface area (Å²) in [5, 5.41) is 14.8. The Morgan fingerprint density at radius 1 is 1.25 bits per heavy atom. The van der Waals surface area contributed by atoms with Crippen LogP contribution in [0.2, 0.25) is 5.02 Å². The SMILES string of the molecule is CN(C)C[C@@H]1CN(Cc2cnn(-c3ccccc3Cl)c2)C[C@@H]1CO. The molecule has 1 N–H and O–H groups in total. The second kappa shape index (κ2) is 7.66. The van der Waals surface area contributed by atoms with E-state index < -0.39 is 0 Å². The molecule has 0 unspecified atom stereocenters. The highest BCUT2D eigenvalue weighted by molar-refractivity contribution is 6.32. The van der Waals surface area contributed by atoms with Crippen molar-refractivity contribution in [3.8, 4) is 5.69 Å². The number of aliphatic hydroxyl groups is 1. The van der Waals surface area contributed by atoms with Crippen LogP contribution in [0.15, 0.2) is 36.7 Å². The Morgan fingerprint density at radius 2 is 2.00 bits per heavy atom. The molecular formula is C18H25ClN4O. The standard InChI is InChI=1S/C18H25ClN4O/c1-21(2)10-15-11-22(12-16(15)13-24)8-14-7-20-23(9-14)18-6-4-3-5-17(18)19/h3-7,9,15-16,24H,8,10-13H2,1-2H3/t15-,16-/m1/s1. The molecule has 2 aromatic rings. The van der Waals surface area contributed by atoms with Crippen LogP contribution in [-0.4, -0.2) is 65.0 Å². The monoisotopic (exact) mass is 348 g/mol. The number of likely N-dealkylation sites (tertiary alicyclic amines) is 1. The first kappa shape index (κ1) is 17.4. The van der Waals surface area contributed by atoms with Crippen LogP contribution in [0.1, 0.15) is 5.56 Å². The zero-order valence-corrected chi connectivity index (χ0v) is 15.0. The van der Waals surface area contributed by atoms with Gasteiger partial charge in [0.15, 0.2) is 0 Å². The van der Waals surface area contributed by atoms with Crippen LogP contribution in [0.5, 0.6) is 0 Å². The van der Waals surface area contributed by atoms with Crippen LogP contribution in [0.4, 0.5) is 0 Å². The molecule has 1 aromatic heterocycles. The summed E-state index contributed by atoms with van der Waals surface area (Å²) in [6, 6.07) is 7.71. The topological polar surface area (TPSA) is 44.5 Å². The van der Waals surface area contributed by atoms with Gasteiger partial charge >= 0.3 is 0 Å². The van der Waals surface area contributed by atoms with Gasteiger partial charge in [-0.15, -0.1) is 0 Å². The molecule has 0 saturated carbocycles. The molecule has 1 fully saturated rings. The van der Waals surface area contributed by atoms with Gasteiger partial charge in [0.2, 0.25) is 0 Å². The van der Waals surface area contributed by atoms with Crippen LogP contribution >= 0.6 is 11.6 Å². The van der Waals surface area contributed by atoms with Crippen molar-refractivity contribution in [2.75, 3.05) is 40.3 Å². The molecule has 1 saturated heterocycles. The number of halogens is 1. The normalized spacial score (nSPS) is 21.7. The molecule has 1 aliphatic rings. The van der Waals surface area contributed by atoms with Crippen molar-refractivity contribution in [1.82, 2.24) is 19.6 Å². The Labute approximate surface area is 148 Å². The van der Waals surface area contributed by atoms with Gasteiger partial charge in [-0.05, 0) is 38.1 Å². The number of aliphatic hydroxyl groups excluding tert-OH is 1. The third kappa shape index (κ3) is 3.98. The maximum absolute atomic E-state index is 9.64. The second-order valence-electron chi connectivity index (χ2n) is 6.90. The van der Waals surface area contributed by atoms with E-state index in [4.69, 9.17) is 11.6 Å². The molecule has 0 bridgehead atoms. The number of hydrogen-bond acceptors (Lipinski definition) is 4. The molecule has 6 heteroatoms. The summed E-state index contributed by atoms with van der Waals surface area (Å²) in [6.45, 7) is 4.08. The van der Waals surface area contributed by atoms with Gasteiger partial charge in [-0.25, -0.2) is 4.68 Å². The van der Waals surface area contributed by atoms with Crippen LogP contribution < -0.4 is 0 Å². The molecule has 2 atom stereocenters. The van der Waals surface area contributed by atoms with Crippen molar-refractivity contribution in [2.24, 2.45) is 11.8 Å². The van der Waals surface area contributed by atoms with Gasteiger partial charge < -0.3 is 10.0 Å². The Hall–Kier alpha value is -1.40. The van der Waals surface area contributed by atoms with Crippen molar-refractivity contribution in [3.05, 3.63) is 47.2 Å². The minimum absolute atomic E-state index is 0.258. The molecule has 1 aliphatic heterocycles. The van der Waals surface area contributed by atoms with Crippen molar-refractivity contribution in [2.45, 2.75) is 6.54 Å². The van der Waals surface area contributed by atoms with Crippen LogP contribution in [0.3, 0.4) is 0 Å². The highest BCUT2D eigenvalue weighted by atomic mass is 35.5. The second-order valence-corrected chi connectivity index (χ2v) is 7.31. The van der Waals surface area contributed by atoms with E-state index in [9.17, 15) is 5.11 Å². The lowest BCUT2D eigenvalue weighted by molar-refractivity contribution is 0.183.